The van der Waals surface area contributed by atoms with Crippen molar-refractivity contribution >= 4 is 5.57 Å². The Morgan fingerprint density at radius 3 is 2.10 bits per heavy atom. The summed E-state index contributed by atoms with van der Waals surface area (Å²) in [6.07, 6.45) is 1.90. The number of hydrogen-bond donors (Lipinski definition) is 0. The van der Waals surface area contributed by atoms with Gasteiger partial charge >= 0.3 is 0 Å². The van der Waals surface area contributed by atoms with Gasteiger partial charge in [-0.2, -0.15) is 10.5 Å². The summed E-state index contributed by atoms with van der Waals surface area (Å²) in [6.45, 7) is 0. The molecule has 0 spiro atoms. The summed E-state index contributed by atoms with van der Waals surface area (Å²) in [4.78, 5) is 0. The fourth-order valence-electron chi connectivity index (χ4n) is 2.27. The van der Waals surface area contributed by atoms with Crippen LogP contribution in [0.1, 0.15) is 23.5 Å². The molecule has 0 amide bonds. The van der Waals surface area contributed by atoms with Crippen LogP contribution in [-0.2, 0) is 0 Å². The number of nitriles is 2. The fraction of sp³-hybridized carbons (Fsp3) is 0.111. The second-order valence-corrected chi connectivity index (χ2v) is 4.42. The third-order valence-corrected chi connectivity index (χ3v) is 3.20. The Kier molecular flexibility index (Phi) is 4.70. The molecule has 0 radical (unpaired) electrons. The van der Waals surface area contributed by atoms with Gasteiger partial charge in [0.05, 0.1) is 12.1 Å². The molecule has 1 unspecified atom stereocenters. The van der Waals surface area contributed by atoms with Gasteiger partial charge in [-0.3, -0.25) is 0 Å². The molecule has 0 saturated carbocycles. The van der Waals surface area contributed by atoms with Crippen LogP contribution in [0.15, 0.2) is 66.7 Å². The summed E-state index contributed by atoms with van der Waals surface area (Å²) in [6, 6.07) is 23.9. The molecule has 2 heteroatoms. The average molecular weight is 258 g/mol. The summed E-state index contributed by atoms with van der Waals surface area (Å²) >= 11 is 0. The monoisotopic (exact) mass is 258 g/mol. The molecule has 96 valence electrons. The maximum atomic E-state index is 9.10. The van der Waals surface area contributed by atoms with Crippen molar-refractivity contribution in [2.75, 3.05) is 0 Å². The van der Waals surface area contributed by atoms with Gasteiger partial charge in [0.2, 0.25) is 0 Å². The number of allylic oxidation sites excluding steroid dienone is 2. The van der Waals surface area contributed by atoms with E-state index < -0.39 is 0 Å². The van der Waals surface area contributed by atoms with Gasteiger partial charge in [0.25, 0.3) is 0 Å². The van der Waals surface area contributed by atoms with E-state index in [1.165, 1.54) is 0 Å². The predicted octanol–water partition coefficient (Wildman–Crippen LogP) is 4.29. The van der Waals surface area contributed by atoms with Gasteiger partial charge in [0.15, 0.2) is 0 Å². The zero-order valence-electron chi connectivity index (χ0n) is 11.0. The molecule has 0 aliphatic carbocycles. The van der Waals surface area contributed by atoms with Crippen LogP contribution < -0.4 is 0 Å². The van der Waals surface area contributed by atoms with Crippen LogP contribution in [0.5, 0.6) is 0 Å². The van der Waals surface area contributed by atoms with Crippen LogP contribution in [-0.4, -0.2) is 0 Å². The molecular weight excluding hydrogens is 244 g/mol. The molecule has 0 fully saturated rings. The molecule has 0 saturated heterocycles. The summed E-state index contributed by atoms with van der Waals surface area (Å²) in [7, 11) is 0. The van der Waals surface area contributed by atoms with Crippen molar-refractivity contribution < 1.29 is 0 Å². The third-order valence-electron chi connectivity index (χ3n) is 3.20. The lowest BCUT2D eigenvalue weighted by Gasteiger charge is -2.18. The van der Waals surface area contributed by atoms with Crippen LogP contribution in [0, 0.1) is 22.7 Å². The van der Waals surface area contributed by atoms with E-state index in [-0.39, 0.29) is 5.92 Å². The molecule has 0 aromatic heterocycles. The van der Waals surface area contributed by atoms with E-state index >= 15 is 0 Å². The standard InChI is InChI=1S/C18H14N2/c19-13-11-17(15-7-3-1-4-8-15)18(12-14-20)16-9-5-2-6-10-16/h1-11,18H,12H2/b17-11-. The van der Waals surface area contributed by atoms with Crippen LogP contribution >= 0.6 is 0 Å². The normalized spacial score (nSPS) is 12.2. The summed E-state index contributed by atoms with van der Waals surface area (Å²) in [5.74, 6) is -0.0803. The molecule has 0 aliphatic rings. The second kappa shape index (κ2) is 6.92. The van der Waals surface area contributed by atoms with Crippen LogP contribution in [0.4, 0.5) is 0 Å². The average Bonchev–Trinajstić information content (AvgIpc) is 2.52. The molecule has 0 aliphatic heterocycles. The maximum absolute atomic E-state index is 9.10. The van der Waals surface area contributed by atoms with Gasteiger partial charge < -0.3 is 0 Å². The summed E-state index contributed by atoms with van der Waals surface area (Å²) in [5, 5.41) is 18.2. The molecule has 2 rings (SSSR count). The van der Waals surface area contributed by atoms with E-state index in [9.17, 15) is 0 Å². The number of rotatable bonds is 4. The Balaban J connectivity index is 2.49. The highest BCUT2D eigenvalue weighted by atomic mass is 14.3. The molecule has 20 heavy (non-hydrogen) atoms. The first-order valence-corrected chi connectivity index (χ1v) is 6.44. The Morgan fingerprint density at radius 2 is 1.55 bits per heavy atom. The summed E-state index contributed by atoms with van der Waals surface area (Å²) < 4.78 is 0. The molecule has 2 nitrogen and oxygen atoms in total. The SMILES string of the molecule is N#C/C=C(/c1ccccc1)C(CC#N)c1ccccc1. The van der Waals surface area contributed by atoms with Crippen molar-refractivity contribution in [3.8, 4) is 12.1 Å². The van der Waals surface area contributed by atoms with E-state index in [0.29, 0.717) is 6.42 Å². The van der Waals surface area contributed by atoms with E-state index in [1.54, 1.807) is 6.08 Å². The molecule has 1 atom stereocenters. The lowest BCUT2D eigenvalue weighted by molar-refractivity contribution is 0.892. The van der Waals surface area contributed by atoms with Crippen LogP contribution in [0.2, 0.25) is 0 Å². The zero-order valence-corrected chi connectivity index (χ0v) is 11.0. The highest BCUT2D eigenvalue weighted by molar-refractivity contribution is 5.73. The second-order valence-electron chi connectivity index (χ2n) is 4.42. The smallest absolute Gasteiger partial charge is 0.0915 e. The van der Waals surface area contributed by atoms with Crippen molar-refractivity contribution in [3.63, 3.8) is 0 Å². The topological polar surface area (TPSA) is 47.6 Å². The van der Waals surface area contributed by atoms with Gasteiger partial charge in [0.1, 0.15) is 0 Å². The Hall–Kier alpha value is -2.84. The molecule has 2 aromatic rings. The molecule has 2 aromatic carbocycles. The highest BCUT2D eigenvalue weighted by Crippen LogP contribution is 2.34. The molecule has 0 bridgehead atoms. The maximum Gasteiger partial charge on any atom is 0.0915 e. The van der Waals surface area contributed by atoms with Gasteiger partial charge in [-0.05, 0) is 16.7 Å². The van der Waals surface area contributed by atoms with Crippen molar-refractivity contribution in [1.82, 2.24) is 0 Å². The minimum Gasteiger partial charge on any atom is -0.198 e. The first-order valence-electron chi connectivity index (χ1n) is 6.44. The van der Waals surface area contributed by atoms with Gasteiger partial charge in [-0.1, -0.05) is 60.7 Å². The van der Waals surface area contributed by atoms with E-state index in [1.807, 2.05) is 60.7 Å². The lowest BCUT2D eigenvalue weighted by Crippen LogP contribution is -2.01. The summed E-state index contributed by atoms with van der Waals surface area (Å²) in [5.41, 5.74) is 2.93. The molecular formula is C18H14N2. The lowest BCUT2D eigenvalue weighted by atomic mass is 9.84. The van der Waals surface area contributed by atoms with E-state index in [0.717, 1.165) is 16.7 Å². The van der Waals surface area contributed by atoms with Crippen LogP contribution in [0.3, 0.4) is 0 Å². The van der Waals surface area contributed by atoms with Crippen molar-refractivity contribution in [2.24, 2.45) is 0 Å². The number of hydrogen-bond acceptors (Lipinski definition) is 2. The van der Waals surface area contributed by atoms with E-state index in [4.69, 9.17) is 10.5 Å². The minimum atomic E-state index is -0.0803. The van der Waals surface area contributed by atoms with Crippen LogP contribution in [0.25, 0.3) is 5.57 Å². The first-order chi connectivity index (χ1) is 9.86. The Morgan fingerprint density at radius 1 is 0.950 bits per heavy atom. The number of nitrogens with zero attached hydrogens (tertiary/aromatic N) is 2. The van der Waals surface area contributed by atoms with Crippen molar-refractivity contribution in [1.29, 1.82) is 10.5 Å². The highest BCUT2D eigenvalue weighted by Gasteiger charge is 2.17. The Bertz CT molecular complexity index is 658. The van der Waals surface area contributed by atoms with E-state index in [2.05, 4.69) is 12.1 Å². The van der Waals surface area contributed by atoms with Gasteiger partial charge in [0, 0.05) is 18.4 Å². The minimum absolute atomic E-state index is 0.0803. The third kappa shape index (κ3) is 3.13. The Labute approximate surface area is 119 Å². The first kappa shape index (κ1) is 13.6. The quantitative estimate of drug-likeness (QED) is 0.768. The van der Waals surface area contributed by atoms with Crippen molar-refractivity contribution in [3.05, 3.63) is 77.9 Å². The molecule has 0 N–H and O–H groups in total. The fourth-order valence-corrected chi connectivity index (χ4v) is 2.27. The van der Waals surface area contributed by atoms with Gasteiger partial charge in [-0.15, -0.1) is 0 Å². The predicted molar refractivity (Wildman–Crippen MR) is 79.4 cm³/mol. The zero-order chi connectivity index (χ0) is 14.2. The largest absolute Gasteiger partial charge is 0.198 e. The van der Waals surface area contributed by atoms with Crippen molar-refractivity contribution in [2.45, 2.75) is 12.3 Å². The number of benzene rings is 2. The van der Waals surface area contributed by atoms with Gasteiger partial charge in [-0.25, -0.2) is 0 Å². The molecule has 0 heterocycles.